The summed E-state index contributed by atoms with van der Waals surface area (Å²) >= 11 is 0. The second kappa shape index (κ2) is 7.13. The van der Waals surface area contributed by atoms with Crippen LogP contribution in [0.4, 0.5) is 0 Å². The zero-order valence-electron chi connectivity index (χ0n) is 11.1. The summed E-state index contributed by atoms with van der Waals surface area (Å²) < 4.78 is 5.43. The van der Waals surface area contributed by atoms with E-state index in [-0.39, 0.29) is 0 Å². The van der Waals surface area contributed by atoms with Crippen molar-refractivity contribution >= 4 is 0 Å². The van der Waals surface area contributed by atoms with Gasteiger partial charge in [-0.3, -0.25) is 0 Å². The fraction of sp³-hybridized carbons (Fsp3) is 0.467. The lowest BCUT2D eigenvalue weighted by Crippen LogP contribution is -2.17. The molecular weight excluding hydrogens is 210 g/mol. The summed E-state index contributed by atoms with van der Waals surface area (Å²) in [6.07, 6.45) is 5.28. The van der Waals surface area contributed by atoms with Gasteiger partial charge in [0.15, 0.2) is 0 Å². The van der Waals surface area contributed by atoms with Gasteiger partial charge in [0.2, 0.25) is 0 Å². The van der Waals surface area contributed by atoms with Crippen LogP contribution in [0.3, 0.4) is 0 Å². The number of aryl methyl sites for hydroxylation is 1. The molecule has 0 radical (unpaired) electrons. The van der Waals surface area contributed by atoms with Crippen molar-refractivity contribution in [2.24, 2.45) is 0 Å². The van der Waals surface area contributed by atoms with Gasteiger partial charge in [-0.1, -0.05) is 23.8 Å². The van der Waals surface area contributed by atoms with E-state index < -0.39 is 0 Å². The van der Waals surface area contributed by atoms with Crippen LogP contribution in [0.1, 0.15) is 36.4 Å². The first-order valence-corrected chi connectivity index (χ1v) is 6.15. The van der Waals surface area contributed by atoms with Crippen molar-refractivity contribution in [1.29, 1.82) is 0 Å². The summed E-state index contributed by atoms with van der Waals surface area (Å²) in [5.74, 6) is 0.966. The van der Waals surface area contributed by atoms with Crippen LogP contribution < -0.4 is 10.1 Å². The number of hydrogen-bond donors (Lipinski definition) is 1. The molecule has 1 aromatic rings. The summed E-state index contributed by atoms with van der Waals surface area (Å²) in [6, 6.07) is 6.68. The third-order valence-corrected chi connectivity index (χ3v) is 3.01. The Kier molecular flexibility index (Phi) is 5.78. The average Bonchev–Trinajstić information content (AvgIpc) is 2.35. The fourth-order valence-corrected chi connectivity index (χ4v) is 2.05. The molecule has 1 N–H and O–H groups in total. The molecule has 17 heavy (non-hydrogen) atoms. The van der Waals surface area contributed by atoms with Crippen molar-refractivity contribution in [1.82, 2.24) is 5.32 Å². The van der Waals surface area contributed by atoms with Gasteiger partial charge in [-0.2, -0.15) is 0 Å². The summed E-state index contributed by atoms with van der Waals surface area (Å²) in [4.78, 5) is 0. The molecule has 0 aliphatic heterocycles. The van der Waals surface area contributed by atoms with Gasteiger partial charge in [0.25, 0.3) is 0 Å². The number of nitrogens with one attached hydrogen (secondary N) is 1. The van der Waals surface area contributed by atoms with Gasteiger partial charge in [0, 0.05) is 11.6 Å². The number of ether oxygens (including phenoxy) is 1. The van der Waals surface area contributed by atoms with Crippen molar-refractivity contribution in [3.63, 3.8) is 0 Å². The van der Waals surface area contributed by atoms with E-state index in [0.29, 0.717) is 6.04 Å². The molecule has 0 amide bonds. The summed E-state index contributed by atoms with van der Waals surface area (Å²) in [5.41, 5.74) is 2.52. The molecule has 2 nitrogen and oxygen atoms in total. The van der Waals surface area contributed by atoms with Crippen LogP contribution in [0.15, 0.2) is 30.9 Å². The molecule has 0 aliphatic rings. The average molecular weight is 233 g/mol. The highest BCUT2D eigenvalue weighted by molar-refractivity contribution is 5.39. The van der Waals surface area contributed by atoms with Crippen LogP contribution >= 0.6 is 0 Å². The fourth-order valence-electron chi connectivity index (χ4n) is 2.05. The van der Waals surface area contributed by atoms with Crippen LogP contribution in [0.25, 0.3) is 0 Å². The molecule has 0 aromatic heterocycles. The molecule has 0 saturated heterocycles. The van der Waals surface area contributed by atoms with E-state index in [2.05, 4.69) is 31.0 Å². The minimum Gasteiger partial charge on any atom is -0.496 e. The first-order chi connectivity index (χ1) is 8.22. The Labute approximate surface area is 105 Å². The largest absolute Gasteiger partial charge is 0.496 e. The molecule has 1 unspecified atom stereocenters. The van der Waals surface area contributed by atoms with Crippen molar-refractivity contribution < 1.29 is 4.74 Å². The Morgan fingerprint density at radius 3 is 2.82 bits per heavy atom. The van der Waals surface area contributed by atoms with Gasteiger partial charge in [0.1, 0.15) is 5.75 Å². The van der Waals surface area contributed by atoms with Crippen LogP contribution in [0.2, 0.25) is 0 Å². The second-order valence-corrected chi connectivity index (χ2v) is 4.31. The highest BCUT2D eigenvalue weighted by Crippen LogP contribution is 2.29. The number of hydrogen-bond acceptors (Lipinski definition) is 2. The van der Waals surface area contributed by atoms with Gasteiger partial charge in [0.05, 0.1) is 7.11 Å². The maximum Gasteiger partial charge on any atom is 0.123 e. The zero-order chi connectivity index (χ0) is 12.7. The van der Waals surface area contributed by atoms with E-state index >= 15 is 0 Å². The number of allylic oxidation sites excluding steroid dienone is 1. The van der Waals surface area contributed by atoms with Crippen LogP contribution in [0, 0.1) is 6.92 Å². The first kappa shape index (κ1) is 13.8. The number of methoxy groups -OCH3 is 1. The van der Waals surface area contributed by atoms with Gasteiger partial charge < -0.3 is 10.1 Å². The standard InChI is InChI=1S/C15H23NO/c1-5-6-7-8-14(16-3)13-11-12(2)9-10-15(13)17-4/h5,9-11,14,16H,1,6-8H2,2-4H3. The maximum atomic E-state index is 5.43. The van der Waals surface area contributed by atoms with Crippen molar-refractivity contribution in [3.05, 3.63) is 42.0 Å². The Morgan fingerprint density at radius 2 is 2.24 bits per heavy atom. The molecule has 1 rings (SSSR count). The lowest BCUT2D eigenvalue weighted by Gasteiger charge is -2.19. The SMILES string of the molecule is C=CCCCC(NC)c1cc(C)ccc1OC. The Morgan fingerprint density at radius 1 is 1.47 bits per heavy atom. The van der Waals surface area contributed by atoms with Crippen LogP contribution in [0.5, 0.6) is 5.75 Å². The molecule has 0 heterocycles. The molecule has 94 valence electrons. The van der Waals surface area contributed by atoms with Crippen molar-refractivity contribution in [2.45, 2.75) is 32.2 Å². The number of benzene rings is 1. The predicted octanol–water partition coefficient (Wildman–Crippen LogP) is 3.62. The summed E-state index contributed by atoms with van der Waals surface area (Å²) in [5, 5.41) is 3.36. The molecule has 2 heteroatoms. The van der Waals surface area contributed by atoms with Gasteiger partial charge in [-0.15, -0.1) is 6.58 Å². The molecule has 1 atom stereocenters. The van der Waals surface area contributed by atoms with E-state index in [9.17, 15) is 0 Å². The van der Waals surface area contributed by atoms with Crippen molar-refractivity contribution in [3.8, 4) is 5.75 Å². The Balaban J connectivity index is 2.85. The van der Waals surface area contributed by atoms with E-state index in [1.807, 2.05) is 19.2 Å². The third kappa shape index (κ3) is 3.90. The Hall–Kier alpha value is -1.28. The predicted molar refractivity (Wildman–Crippen MR) is 73.6 cm³/mol. The second-order valence-electron chi connectivity index (χ2n) is 4.31. The highest BCUT2D eigenvalue weighted by atomic mass is 16.5. The molecule has 0 aliphatic carbocycles. The topological polar surface area (TPSA) is 21.3 Å². The number of rotatable bonds is 7. The number of unbranched alkanes of at least 4 members (excludes halogenated alkanes) is 1. The smallest absolute Gasteiger partial charge is 0.123 e. The molecule has 0 saturated carbocycles. The normalized spacial score (nSPS) is 12.2. The lowest BCUT2D eigenvalue weighted by atomic mass is 9.98. The summed E-state index contributed by atoms with van der Waals surface area (Å²) in [6.45, 7) is 5.87. The first-order valence-electron chi connectivity index (χ1n) is 6.15. The van der Waals surface area contributed by atoms with Gasteiger partial charge in [-0.25, -0.2) is 0 Å². The minimum atomic E-state index is 0.352. The molecule has 0 fully saturated rings. The highest BCUT2D eigenvalue weighted by Gasteiger charge is 2.13. The minimum absolute atomic E-state index is 0.352. The zero-order valence-corrected chi connectivity index (χ0v) is 11.1. The molecular formula is C15H23NO. The van der Waals surface area contributed by atoms with Crippen LogP contribution in [-0.4, -0.2) is 14.2 Å². The monoisotopic (exact) mass is 233 g/mol. The van der Waals surface area contributed by atoms with Gasteiger partial charge >= 0.3 is 0 Å². The summed E-state index contributed by atoms with van der Waals surface area (Å²) in [7, 11) is 3.73. The maximum absolute atomic E-state index is 5.43. The van der Waals surface area contributed by atoms with Crippen molar-refractivity contribution in [2.75, 3.05) is 14.2 Å². The molecule has 1 aromatic carbocycles. The lowest BCUT2D eigenvalue weighted by molar-refractivity contribution is 0.397. The Bertz CT molecular complexity index is 360. The van der Waals surface area contributed by atoms with E-state index in [1.165, 1.54) is 11.1 Å². The quantitative estimate of drug-likeness (QED) is 0.573. The van der Waals surface area contributed by atoms with Crippen LogP contribution in [-0.2, 0) is 0 Å². The van der Waals surface area contributed by atoms with Gasteiger partial charge in [-0.05, 0) is 39.3 Å². The molecule has 0 bridgehead atoms. The molecule has 0 spiro atoms. The third-order valence-electron chi connectivity index (χ3n) is 3.01. The van der Waals surface area contributed by atoms with E-state index in [4.69, 9.17) is 4.74 Å². The van der Waals surface area contributed by atoms with E-state index in [1.54, 1.807) is 7.11 Å². The van der Waals surface area contributed by atoms with E-state index in [0.717, 1.165) is 25.0 Å².